The number of hydrogen-bond acceptors (Lipinski definition) is 3. The van der Waals surface area contributed by atoms with E-state index in [1.54, 1.807) is 7.05 Å². The predicted octanol–water partition coefficient (Wildman–Crippen LogP) is 3.45. The molecule has 1 saturated heterocycles. The summed E-state index contributed by atoms with van der Waals surface area (Å²) >= 11 is 0. The fraction of sp³-hybridized carbons (Fsp3) is 0.333. The molecule has 162 valence electrons. The Balaban J connectivity index is 0.00000320. The summed E-state index contributed by atoms with van der Waals surface area (Å²) in [6.07, 6.45) is 1.52. The van der Waals surface area contributed by atoms with Gasteiger partial charge in [-0.2, -0.15) is 0 Å². The van der Waals surface area contributed by atoms with Crippen molar-refractivity contribution in [3.05, 3.63) is 59.7 Å². The van der Waals surface area contributed by atoms with Gasteiger partial charge in [-0.1, -0.05) is 12.1 Å². The molecule has 3 rings (SSSR count). The maximum atomic E-state index is 13.1. The van der Waals surface area contributed by atoms with Crippen LogP contribution in [0.4, 0.5) is 14.5 Å². The normalized spacial score (nSPS) is 13.8. The Bertz CT molecular complexity index is 878. The van der Waals surface area contributed by atoms with Crippen molar-refractivity contribution < 1.29 is 18.3 Å². The molecule has 0 saturated carbocycles. The fourth-order valence-corrected chi connectivity index (χ4v) is 3.03. The minimum atomic E-state index is -0.937. The van der Waals surface area contributed by atoms with Crippen LogP contribution in [0.1, 0.15) is 18.4 Å². The third-order valence-corrected chi connectivity index (χ3v) is 4.56. The highest BCUT2D eigenvalue weighted by molar-refractivity contribution is 14.0. The SMILES string of the molecule is CN=C(NCCOc1ccc(F)c(F)c1)NCc1ccc(N2CCCC2=O)cc1.I. The molecule has 9 heteroatoms. The minimum absolute atomic E-state index is 0. The van der Waals surface area contributed by atoms with Crippen molar-refractivity contribution in [2.24, 2.45) is 4.99 Å². The second-order valence-corrected chi connectivity index (χ2v) is 6.59. The highest BCUT2D eigenvalue weighted by atomic mass is 127. The van der Waals surface area contributed by atoms with Crippen LogP contribution in [0, 0.1) is 11.6 Å². The molecular weight excluding hydrogens is 505 g/mol. The standard InChI is InChI=1S/C21H24F2N4O2.HI/c1-24-21(25-10-12-29-17-8-9-18(22)19(23)13-17)26-14-15-4-6-16(7-5-15)27-11-2-3-20(27)28;/h4-9,13H,2-3,10-12,14H2,1H3,(H2,24,25,26);1H. The van der Waals surface area contributed by atoms with E-state index in [-0.39, 0.29) is 42.2 Å². The second-order valence-electron chi connectivity index (χ2n) is 6.59. The number of aliphatic imine (C=N–C) groups is 1. The van der Waals surface area contributed by atoms with Gasteiger partial charge in [0.2, 0.25) is 5.91 Å². The van der Waals surface area contributed by atoms with Crippen LogP contribution < -0.4 is 20.3 Å². The van der Waals surface area contributed by atoms with Crippen molar-refractivity contribution in [2.75, 3.05) is 31.6 Å². The van der Waals surface area contributed by atoms with E-state index in [2.05, 4.69) is 15.6 Å². The maximum Gasteiger partial charge on any atom is 0.227 e. The molecule has 0 unspecified atom stereocenters. The predicted molar refractivity (Wildman–Crippen MR) is 123 cm³/mol. The number of ether oxygens (including phenoxy) is 1. The van der Waals surface area contributed by atoms with Gasteiger partial charge in [0.05, 0.1) is 6.54 Å². The van der Waals surface area contributed by atoms with Crippen molar-refractivity contribution >= 4 is 41.5 Å². The number of anilines is 1. The third-order valence-electron chi connectivity index (χ3n) is 4.56. The van der Waals surface area contributed by atoms with E-state index in [1.807, 2.05) is 29.2 Å². The highest BCUT2D eigenvalue weighted by Crippen LogP contribution is 2.21. The van der Waals surface area contributed by atoms with Gasteiger partial charge >= 0.3 is 0 Å². The lowest BCUT2D eigenvalue weighted by Gasteiger charge is -2.16. The van der Waals surface area contributed by atoms with Gasteiger partial charge in [0.15, 0.2) is 17.6 Å². The van der Waals surface area contributed by atoms with Gasteiger partial charge < -0.3 is 20.3 Å². The largest absolute Gasteiger partial charge is 0.492 e. The van der Waals surface area contributed by atoms with Crippen LogP contribution in [0.2, 0.25) is 0 Å². The van der Waals surface area contributed by atoms with E-state index in [9.17, 15) is 13.6 Å². The van der Waals surface area contributed by atoms with Crippen molar-refractivity contribution in [1.82, 2.24) is 10.6 Å². The van der Waals surface area contributed by atoms with Crippen LogP contribution in [0.15, 0.2) is 47.5 Å². The average Bonchev–Trinajstić information content (AvgIpc) is 3.16. The van der Waals surface area contributed by atoms with Gasteiger partial charge in [0, 0.05) is 38.3 Å². The van der Waals surface area contributed by atoms with Crippen LogP contribution in [0.3, 0.4) is 0 Å². The molecule has 0 atom stereocenters. The number of carbonyl (C=O) groups is 1. The molecule has 1 aliphatic rings. The van der Waals surface area contributed by atoms with Gasteiger partial charge in [-0.25, -0.2) is 8.78 Å². The number of nitrogens with one attached hydrogen (secondary N) is 2. The molecule has 0 spiro atoms. The Morgan fingerprint density at radius 1 is 1.13 bits per heavy atom. The molecule has 1 fully saturated rings. The van der Waals surface area contributed by atoms with E-state index >= 15 is 0 Å². The Morgan fingerprint density at radius 3 is 2.53 bits per heavy atom. The van der Waals surface area contributed by atoms with Crippen molar-refractivity contribution in [1.29, 1.82) is 0 Å². The van der Waals surface area contributed by atoms with Gasteiger partial charge in [0.1, 0.15) is 12.4 Å². The number of hydrogen-bond donors (Lipinski definition) is 2. The minimum Gasteiger partial charge on any atom is -0.492 e. The van der Waals surface area contributed by atoms with Gasteiger partial charge in [-0.3, -0.25) is 9.79 Å². The zero-order valence-electron chi connectivity index (χ0n) is 16.7. The Hall–Kier alpha value is -2.43. The van der Waals surface area contributed by atoms with E-state index in [0.717, 1.165) is 36.3 Å². The summed E-state index contributed by atoms with van der Waals surface area (Å²) in [6, 6.07) is 11.3. The topological polar surface area (TPSA) is 66.0 Å². The summed E-state index contributed by atoms with van der Waals surface area (Å²) < 4.78 is 31.4. The zero-order chi connectivity index (χ0) is 20.6. The molecule has 1 heterocycles. The molecule has 2 aromatic rings. The fourth-order valence-electron chi connectivity index (χ4n) is 3.03. The van der Waals surface area contributed by atoms with E-state index in [1.165, 1.54) is 6.07 Å². The summed E-state index contributed by atoms with van der Waals surface area (Å²) in [6.45, 7) is 2.05. The Labute approximate surface area is 191 Å². The smallest absolute Gasteiger partial charge is 0.227 e. The molecule has 2 aromatic carbocycles. The number of benzene rings is 2. The number of rotatable bonds is 7. The van der Waals surface area contributed by atoms with Crippen LogP contribution in [0.25, 0.3) is 0 Å². The quantitative estimate of drug-likeness (QED) is 0.249. The molecule has 30 heavy (non-hydrogen) atoms. The first-order valence-electron chi connectivity index (χ1n) is 9.48. The first-order valence-corrected chi connectivity index (χ1v) is 9.48. The lowest BCUT2D eigenvalue weighted by atomic mass is 10.2. The summed E-state index contributed by atoms with van der Waals surface area (Å²) in [5.74, 6) is -0.804. The van der Waals surface area contributed by atoms with Crippen LogP contribution in [-0.2, 0) is 11.3 Å². The van der Waals surface area contributed by atoms with E-state index in [4.69, 9.17) is 4.74 Å². The van der Waals surface area contributed by atoms with Crippen molar-refractivity contribution in [3.63, 3.8) is 0 Å². The van der Waals surface area contributed by atoms with E-state index in [0.29, 0.717) is 25.5 Å². The molecule has 0 bridgehead atoms. The first kappa shape index (κ1) is 23.8. The molecule has 2 N–H and O–H groups in total. The molecule has 6 nitrogen and oxygen atoms in total. The average molecular weight is 530 g/mol. The van der Waals surface area contributed by atoms with Gasteiger partial charge in [-0.15, -0.1) is 24.0 Å². The van der Waals surface area contributed by atoms with Gasteiger partial charge in [0.25, 0.3) is 0 Å². The van der Waals surface area contributed by atoms with Crippen molar-refractivity contribution in [3.8, 4) is 5.75 Å². The summed E-state index contributed by atoms with van der Waals surface area (Å²) in [5, 5.41) is 6.28. The molecule has 1 aliphatic heterocycles. The highest BCUT2D eigenvalue weighted by Gasteiger charge is 2.21. The molecular formula is C21H25F2IN4O2. The molecule has 0 aliphatic carbocycles. The number of halogens is 3. The first-order chi connectivity index (χ1) is 14.1. The number of guanidine groups is 1. The lowest BCUT2D eigenvalue weighted by Crippen LogP contribution is -2.38. The van der Waals surface area contributed by atoms with E-state index < -0.39 is 11.6 Å². The zero-order valence-corrected chi connectivity index (χ0v) is 19.0. The summed E-state index contributed by atoms with van der Waals surface area (Å²) in [7, 11) is 1.66. The third kappa shape index (κ3) is 6.54. The number of carbonyl (C=O) groups excluding carboxylic acids is 1. The molecule has 0 aromatic heterocycles. The second kappa shape index (κ2) is 11.7. The lowest BCUT2D eigenvalue weighted by molar-refractivity contribution is -0.117. The summed E-state index contributed by atoms with van der Waals surface area (Å²) in [4.78, 5) is 17.8. The van der Waals surface area contributed by atoms with Crippen molar-refractivity contribution in [2.45, 2.75) is 19.4 Å². The maximum absolute atomic E-state index is 13.1. The van der Waals surface area contributed by atoms with Gasteiger partial charge in [-0.05, 0) is 36.2 Å². The van der Waals surface area contributed by atoms with Crippen LogP contribution >= 0.6 is 24.0 Å². The molecule has 0 radical (unpaired) electrons. The summed E-state index contributed by atoms with van der Waals surface area (Å²) in [5.41, 5.74) is 1.98. The Kier molecular flexibility index (Phi) is 9.28. The number of nitrogens with zero attached hydrogens (tertiary/aromatic N) is 2. The Morgan fingerprint density at radius 2 is 1.90 bits per heavy atom. The van der Waals surface area contributed by atoms with Crippen LogP contribution in [-0.4, -0.2) is 38.6 Å². The number of amides is 1. The molecule has 1 amide bonds. The monoisotopic (exact) mass is 530 g/mol. The van der Waals surface area contributed by atoms with Crippen LogP contribution in [0.5, 0.6) is 5.75 Å².